The fourth-order valence-corrected chi connectivity index (χ4v) is 6.78. The molecule has 7 aromatic rings. The van der Waals surface area contributed by atoms with E-state index in [2.05, 4.69) is 60.7 Å². The van der Waals surface area contributed by atoms with Gasteiger partial charge in [-0.05, 0) is 99.7 Å². The van der Waals surface area contributed by atoms with Crippen LogP contribution in [-0.4, -0.2) is 0 Å². The smallest absolute Gasteiger partial charge is 0.000832 e. The Morgan fingerprint density at radius 3 is 1.00 bits per heavy atom. The summed E-state index contributed by atoms with van der Waals surface area (Å²) in [6, 6.07) is 23.5. The molecule has 0 heteroatoms. The first-order valence-corrected chi connectivity index (χ1v) is 10.2. The normalized spacial score (nSPS) is 14.9. The predicted molar refractivity (Wildman–Crippen MR) is 119 cm³/mol. The van der Waals surface area contributed by atoms with Crippen LogP contribution < -0.4 is 0 Å². The minimum Gasteiger partial charge on any atom is -0.0610 e. The molecule has 7 aromatic carbocycles. The molecular weight excluding hydrogens is 336 g/mol. The van der Waals surface area contributed by atoms with Gasteiger partial charge in [0.25, 0.3) is 0 Å². The third kappa shape index (κ3) is 1.13. The van der Waals surface area contributed by atoms with Crippen LogP contribution in [0.25, 0.3) is 64.6 Å². The molecule has 0 amide bonds. The predicted octanol–water partition coefficient (Wildman–Crippen LogP) is 7.29. The average molecular weight is 350 g/mol. The zero-order chi connectivity index (χ0) is 17.7. The lowest BCUT2D eigenvalue weighted by Gasteiger charge is -2.17. The summed E-state index contributed by atoms with van der Waals surface area (Å²) in [4.78, 5) is 0. The van der Waals surface area contributed by atoms with E-state index >= 15 is 0 Å². The summed E-state index contributed by atoms with van der Waals surface area (Å²) in [6.45, 7) is 0. The SMILES string of the molecule is c1cc2cc3c4c5c(cc6cccc7cc8c(c9c(cc(c1)c2c49)C8)c5c67)C3. The van der Waals surface area contributed by atoms with Crippen LogP contribution in [0.1, 0.15) is 22.3 Å². The molecule has 0 saturated heterocycles. The molecule has 28 heavy (non-hydrogen) atoms. The largest absolute Gasteiger partial charge is 0.0610 e. The van der Waals surface area contributed by atoms with Gasteiger partial charge in [0, 0.05) is 0 Å². The molecule has 0 radical (unpaired) electrons. The summed E-state index contributed by atoms with van der Waals surface area (Å²) in [5.74, 6) is 0. The standard InChI is InChI=1S/C28H14/c1-3-13-7-17-11-19-9-15-5-2-6-16-10-20-12-18-8-14(4-1)21(13)27-23(17)25(19)28(22(15)16)26(20)24(18)27/h1-10H,11-12H2. The van der Waals surface area contributed by atoms with Gasteiger partial charge in [-0.3, -0.25) is 0 Å². The molecule has 0 atom stereocenters. The molecule has 2 aliphatic carbocycles. The Balaban J connectivity index is 1.80. The summed E-state index contributed by atoms with van der Waals surface area (Å²) in [5, 5.41) is 17.9. The summed E-state index contributed by atoms with van der Waals surface area (Å²) < 4.78 is 0. The van der Waals surface area contributed by atoms with Gasteiger partial charge < -0.3 is 0 Å². The molecule has 0 unspecified atom stereocenters. The van der Waals surface area contributed by atoms with Crippen molar-refractivity contribution in [3.05, 3.63) is 82.9 Å². The van der Waals surface area contributed by atoms with Gasteiger partial charge in [-0.15, -0.1) is 0 Å². The number of hydrogen-bond donors (Lipinski definition) is 0. The molecule has 9 rings (SSSR count). The molecule has 0 aliphatic heterocycles. The first kappa shape index (κ1) is 12.9. The highest BCUT2D eigenvalue weighted by molar-refractivity contribution is 6.43. The van der Waals surface area contributed by atoms with Crippen molar-refractivity contribution >= 4 is 64.6 Å². The first-order chi connectivity index (χ1) is 13.9. The maximum absolute atomic E-state index is 2.47. The molecule has 0 spiro atoms. The molecule has 2 aliphatic rings. The Morgan fingerprint density at radius 2 is 0.679 bits per heavy atom. The molecular formula is C28H14. The van der Waals surface area contributed by atoms with Crippen LogP contribution in [0.5, 0.6) is 0 Å². The second-order valence-corrected chi connectivity index (χ2v) is 8.90. The number of hydrogen-bond acceptors (Lipinski definition) is 0. The van der Waals surface area contributed by atoms with E-state index in [4.69, 9.17) is 0 Å². The van der Waals surface area contributed by atoms with Crippen molar-refractivity contribution in [2.45, 2.75) is 12.8 Å². The third-order valence-electron chi connectivity index (χ3n) is 7.62. The third-order valence-corrected chi connectivity index (χ3v) is 7.62. The Hall–Kier alpha value is -3.38. The minimum absolute atomic E-state index is 1.07. The summed E-state index contributed by atoms with van der Waals surface area (Å²) >= 11 is 0. The van der Waals surface area contributed by atoms with E-state index in [9.17, 15) is 0 Å². The van der Waals surface area contributed by atoms with Crippen molar-refractivity contribution in [2.75, 3.05) is 0 Å². The topological polar surface area (TPSA) is 0 Å². The van der Waals surface area contributed by atoms with Crippen LogP contribution in [-0.2, 0) is 12.8 Å². The van der Waals surface area contributed by atoms with Crippen LogP contribution in [0.2, 0.25) is 0 Å². The molecule has 0 saturated carbocycles. The number of benzene rings is 7. The lowest BCUT2D eigenvalue weighted by atomic mass is 9.85. The van der Waals surface area contributed by atoms with E-state index in [0.717, 1.165) is 12.8 Å². The molecule has 0 aromatic heterocycles. The van der Waals surface area contributed by atoms with E-state index < -0.39 is 0 Å². The molecule has 0 bridgehead atoms. The highest BCUT2D eigenvalue weighted by Gasteiger charge is 2.30. The summed E-state index contributed by atoms with van der Waals surface area (Å²) in [5.41, 5.74) is 6.11. The van der Waals surface area contributed by atoms with E-state index in [1.54, 1.807) is 32.3 Å². The van der Waals surface area contributed by atoms with Crippen LogP contribution in [0.15, 0.2) is 60.7 Å². The van der Waals surface area contributed by atoms with Gasteiger partial charge in [0.15, 0.2) is 0 Å². The summed E-state index contributed by atoms with van der Waals surface area (Å²) in [7, 11) is 0. The van der Waals surface area contributed by atoms with Crippen molar-refractivity contribution in [3.8, 4) is 0 Å². The molecule has 0 heterocycles. The van der Waals surface area contributed by atoms with E-state index in [1.165, 1.54) is 54.6 Å². The fourth-order valence-electron chi connectivity index (χ4n) is 6.78. The van der Waals surface area contributed by atoms with Gasteiger partial charge in [0.05, 0.1) is 0 Å². The van der Waals surface area contributed by atoms with Crippen molar-refractivity contribution in [3.63, 3.8) is 0 Å². The zero-order valence-corrected chi connectivity index (χ0v) is 15.2. The van der Waals surface area contributed by atoms with Crippen molar-refractivity contribution in [1.29, 1.82) is 0 Å². The Morgan fingerprint density at radius 1 is 0.357 bits per heavy atom. The summed E-state index contributed by atoms with van der Waals surface area (Å²) in [6.07, 6.45) is 2.15. The highest BCUT2D eigenvalue weighted by Crippen LogP contribution is 2.54. The number of rotatable bonds is 0. The second kappa shape index (κ2) is 3.77. The van der Waals surface area contributed by atoms with E-state index in [-0.39, 0.29) is 0 Å². The highest BCUT2D eigenvalue weighted by atomic mass is 14.3. The maximum atomic E-state index is 2.47. The monoisotopic (exact) mass is 350 g/mol. The van der Waals surface area contributed by atoms with Crippen molar-refractivity contribution < 1.29 is 0 Å². The van der Waals surface area contributed by atoms with Crippen LogP contribution >= 0.6 is 0 Å². The molecule has 0 nitrogen and oxygen atoms in total. The lowest BCUT2D eigenvalue weighted by Crippen LogP contribution is -1.90. The van der Waals surface area contributed by atoms with Gasteiger partial charge in [-0.2, -0.15) is 0 Å². The van der Waals surface area contributed by atoms with E-state index in [0.29, 0.717) is 0 Å². The Kier molecular flexibility index (Phi) is 1.74. The van der Waals surface area contributed by atoms with Gasteiger partial charge in [-0.25, -0.2) is 0 Å². The van der Waals surface area contributed by atoms with E-state index in [1.807, 2.05) is 0 Å². The van der Waals surface area contributed by atoms with Gasteiger partial charge >= 0.3 is 0 Å². The minimum atomic E-state index is 1.07. The molecule has 126 valence electrons. The second-order valence-electron chi connectivity index (χ2n) is 8.90. The fraction of sp³-hybridized carbons (Fsp3) is 0.0714. The Labute approximate surface area is 160 Å². The quantitative estimate of drug-likeness (QED) is 0.199. The molecule has 0 N–H and O–H groups in total. The van der Waals surface area contributed by atoms with Gasteiger partial charge in [-0.1, -0.05) is 60.7 Å². The van der Waals surface area contributed by atoms with Crippen molar-refractivity contribution in [1.82, 2.24) is 0 Å². The zero-order valence-electron chi connectivity index (χ0n) is 15.2. The lowest BCUT2D eigenvalue weighted by molar-refractivity contribution is 1.28. The van der Waals surface area contributed by atoms with Gasteiger partial charge in [0.2, 0.25) is 0 Å². The van der Waals surface area contributed by atoms with Crippen LogP contribution in [0.4, 0.5) is 0 Å². The average Bonchev–Trinajstić information content (AvgIpc) is 3.26. The van der Waals surface area contributed by atoms with Gasteiger partial charge in [0.1, 0.15) is 0 Å². The van der Waals surface area contributed by atoms with Crippen molar-refractivity contribution in [2.24, 2.45) is 0 Å². The van der Waals surface area contributed by atoms with Crippen LogP contribution in [0, 0.1) is 0 Å². The first-order valence-electron chi connectivity index (χ1n) is 10.2. The molecule has 0 fully saturated rings. The maximum Gasteiger partial charge on any atom is -0.000832 e. The van der Waals surface area contributed by atoms with Crippen LogP contribution in [0.3, 0.4) is 0 Å². The Bertz CT molecular complexity index is 1590.